The second-order valence-electron chi connectivity index (χ2n) is 3.32. The zero-order valence-electron chi connectivity index (χ0n) is 8.57. The lowest BCUT2D eigenvalue weighted by Crippen LogP contribution is -2.06. The largest absolute Gasteiger partial charge is 0.744 e. The third kappa shape index (κ3) is 2.38. The van der Waals surface area contributed by atoms with Gasteiger partial charge in [-0.2, -0.15) is 0 Å². The Bertz CT molecular complexity index is 521. The highest BCUT2D eigenvalue weighted by Gasteiger charge is 2.11. The van der Waals surface area contributed by atoms with Gasteiger partial charge >= 0.3 is 0 Å². The summed E-state index contributed by atoms with van der Waals surface area (Å²) in [5.41, 5.74) is 2.13. The lowest BCUT2D eigenvalue weighted by molar-refractivity contribution is 0.462. The second kappa shape index (κ2) is 4.05. The smallest absolute Gasteiger partial charge is 0.124 e. The monoisotopic (exact) mass is 223 g/mol. The maximum absolute atomic E-state index is 11.0. The first-order valence-electron chi connectivity index (χ1n) is 4.36. The average Bonchev–Trinajstić information content (AvgIpc) is 2.11. The average molecular weight is 223 g/mol. The van der Waals surface area contributed by atoms with Gasteiger partial charge in [-0.1, -0.05) is 6.07 Å². The summed E-state index contributed by atoms with van der Waals surface area (Å²) in [4.78, 5) is -0.205. The molecule has 0 aromatic heterocycles. The Morgan fingerprint density at radius 2 is 2.00 bits per heavy atom. The zero-order valence-corrected chi connectivity index (χ0v) is 9.39. The van der Waals surface area contributed by atoms with Crippen LogP contribution in [-0.4, -0.2) is 13.0 Å². The molecule has 0 saturated heterocycles. The van der Waals surface area contributed by atoms with Gasteiger partial charge < -0.3 is 4.55 Å². The molecule has 0 aliphatic heterocycles. The number of terminal acetylenes is 1. The summed E-state index contributed by atoms with van der Waals surface area (Å²) in [6.07, 6.45) is 5.30. The molecule has 0 bridgehead atoms. The van der Waals surface area contributed by atoms with Crippen molar-refractivity contribution in [3.63, 3.8) is 0 Å². The molecule has 4 heteroatoms. The lowest BCUT2D eigenvalue weighted by atomic mass is 10.0. The van der Waals surface area contributed by atoms with Crippen molar-refractivity contribution in [3.8, 4) is 12.3 Å². The van der Waals surface area contributed by atoms with Crippen LogP contribution < -0.4 is 0 Å². The molecule has 0 saturated carbocycles. The Balaban J connectivity index is 3.56. The summed E-state index contributed by atoms with van der Waals surface area (Å²) in [6, 6.07) is 2.93. The highest BCUT2D eigenvalue weighted by molar-refractivity contribution is 7.85. The molecule has 0 aliphatic carbocycles. The minimum absolute atomic E-state index is 0.157. The molecule has 0 amide bonds. The fourth-order valence-electron chi connectivity index (χ4n) is 1.41. The molecule has 1 aromatic rings. The van der Waals surface area contributed by atoms with Crippen LogP contribution in [-0.2, 0) is 16.5 Å². The van der Waals surface area contributed by atoms with E-state index < -0.39 is 10.1 Å². The molecule has 1 rings (SSSR count). The molecule has 0 heterocycles. The van der Waals surface area contributed by atoms with Gasteiger partial charge in [0.05, 0.1) is 4.90 Å². The minimum Gasteiger partial charge on any atom is -0.744 e. The van der Waals surface area contributed by atoms with Crippen molar-refractivity contribution >= 4 is 10.1 Å². The predicted octanol–water partition coefficient (Wildman–Crippen LogP) is 1.38. The normalized spacial score (nSPS) is 11.1. The summed E-state index contributed by atoms with van der Waals surface area (Å²) >= 11 is 0. The van der Waals surface area contributed by atoms with Crippen molar-refractivity contribution in [2.24, 2.45) is 0 Å². The Morgan fingerprint density at radius 1 is 1.40 bits per heavy atom. The van der Waals surface area contributed by atoms with Gasteiger partial charge in [0.25, 0.3) is 0 Å². The van der Waals surface area contributed by atoms with Crippen molar-refractivity contribution in [1.29, 1.82) is 0 Å². The maximum atomic E-state index is 11.0. The summed E-state index contributed by atoms with van der Waals surface area (Å²) < 4.78 is 32.9. The molecular formula is C11H11O3S-. The Hall–Kier alpha value is -1.31. The van der Waals surface area contributed by atoms with Gasteiger partial charge in [0.15, 0.2) is 0 Å². The Kier molecular flexibility index (Phi) is 3.18. The first-order valence-corrected chi connectivity index (χ1v) is 5.77. The number of aryl methyl sites for hydroxylation is 1. The van der Waals surface area contributed by atoms with Crippen LogP contribution in [0.1, 0.15) is 16.7 Å². The fraction of sp³-hybridized carbons (Fsp3) is 0.273. The van der Waals surface area contributed by atoms with Gasteiger partial charge in [-0.15, -0.1) is 12.3 Å². The fourth-order valence-corrected chi connectivity index (χ4v) is 2.17. The molecule has 0 radical (unpaired) electrons. The van der Waals surface area contributed by atoms with E-state index in [0.29, 0.717) is 5.56 Å². The van der Waals surface area contributed by atoms with Gasteiger partial charge in [0.1, 0.15) is 10.1 Å². The molecule has 0 aliphatic rings. The van der Waals surface area contributed by atoms with E-state index in [1.165, 1.54) is 6.07 Å². The van der Waals surface area contributed by atoms with Crippen LogP contribution in [0.15, 0.2) is 17.0 Å². The van der Waals surface area contributed by atoms with Gasteiger partial charge in [-0.25, -0.2) is 8.42 Å². The second-order valence-corrected chi connectivity index (χ2v) is 4.67. The summed E-state index contributed by atoms with van der Waals surface area (Å²) in [6.45, 7) is 3.60. The maximum Gasteiger partial charge on any atom is 0.124 e. The third-order valence-electron chi connectivity index (χ3n) is 2.37. The van der Waals surface area contributed by atoms with Crippen LogP contribution in [0.3, 0.4) is 0 Å². The topological polar surface area (TPSA) is 57.2 Å². The van der Waals surface area contributed by atoms with Gasteiger partial charge in [-0.05, 0) is 36.6 Å². The molecule has 0 unspecified atom stereocenters. The molecule has 0 fully saturated rings. The van der Waals surface area contributed by atoms with Gasteiger partial charge in [-0.3, -0.25) is 0 Å². The number of rotatable bonds is 2. The van der Waals surface area contributed by atoms with E-state index in [0.717, 1.165) is 11.1 Å². The van der Waals surface area contributed by atoms with E-state index in [2.05, 4.69) is 5.92 Å². The van der Waals surface area contributed by atoms with Crippen LogP contribution >= 0.6 is 0 Å². The van der Waals surface area contributed by atoms with Crippen molar-refractivity contribution in [2.45, 2.75) is 25.2 Å². The molecule has 15 heavy (non-hydrogen) atoms. The van der Waals surface area contributed by atoms with Crippen LogP contribution in [0.2, 0.25) is 0 Å². The standard InChI is InChI=1S/C11H12O3S/c1-4-5-10-9(3)8(2)6-7-11(10)15(12,13)14/h1,6-7H,5H2,2-3H3,(H,12,13,14)/p-1. The van der Waals surface area contributed by atoms with E-state index in [1.807, 2.05) is 6.92 Å². The van der Waals surface area contributed by atoms with E-state index in [4.69, 9.17) is 6.42 Å². The summed E-state index contributed by atoms with van der Waals surface area (Å²) in [7, 11) is -4.44. The van der Waals surface area contributed by atoms with Crippen molar-refractivity contribution in [1.82, 2.24) is 0 Å². The SMILES string of the molecule is C#CCc1c(S(=O)(=O)[O-])ccc(C)c1C. The van der Waals surface area contributed by atoms with Gasteiger partial charge in [0, 0.05) is 6.42 Å². The Labute approximate surface area is 89.9 Å². The van der Waals surface area contributed by atoms with E-state index in [1.54, 1.807) is 13.0 Å². The van der Waals surface area contributed by atoms with Gasteiger partial charge in [0.2, 0.25) is 0 Å². The molecular weight excluding hydrogens is 212 g/mol. The van der Waals surface area contributed by atoms with Crippen molar-refractivity contribution < 1.29 is 13.0 Å². The molecule has 0 atom stereocenters. The van der Waals surface area contributed by atoms with Crippen LogP contribution in [0.4, 0.5) is 0 Å². The number of benzene rings is 1. The van der Waals surface area contributed by atoms with Crippen molar-refractivity contribution in [2.75, 3.05) is 0 Å². The first kappa shape index (κ1) is 11.8. The quantitative estimate of drug-likeness (QED) is 0.562. The molecule has 0 N–H and O–H groups in total. The highest BCUT2D eigenvalue weighted by atomic mass is 32.2. The molecule has 80 valence electrons. The number of hydrogen-bond acceptors (Lipinski definition) is 3. The van der Waals surface area contributed by atoms with Crippen molar-refractivity contribution in [3.05, 3.63) is 28.8 Å². The minimum atomic E-state index is -4.44. The van der Waals surface area contributed by atoms with E-state index in [9.17, 15) is 13.0 Å². The predicted molar refractivity (Wildman–Crippen MR) is 56.4 cm³/mol. The van der Waals surface area contributed by atoms with Crippen LogP contribution in [0.5, 0.6) is 0 Å². The number of hydrogen-bond donors (Lipinski definition) is 0. The molecule has 0 spiro atoms. The first-order chi connectivity index (χ1) is 6.88. The van der Waals surface area contributed by atoms with Crippen LogP contribution in [0, 0.1) is 26.2 Å². The Morgan fingerprint density at radius 3 is 2.47 bits per heavy atom. The summed E-state index contributed by atoms with van der Waals surface area (Å²) in [5, 5.41) is 0. The molecule has 3 nitrogen and oxygen atoms in total. The lowest BCUT2D eigenvalue weighted by Gasteiger charge is -2.15. The van der Waals surface area contributed by atoms with Crippen LogP contribution in [0.25, 0.3) is 0 Å². The van der Waals surface area contributed by atoms with E-state index in [-0.39, 0.29) is 11.3 Å². The molecule has 1 aromatic carbocycles. The summed E-state index contributed by atoms with van der Waals surface area (Å²) in [5.74, 6) is 2.36. The third-order valence-corrected chi connectivity index (χ3v) is 3.30. The zero-order chi connectivity index (χ0) is 11.6. The highest BCUT2D eigenvalue weighted by Crippen LogP contribution is 2.22. The van der Waals surface area contributed by atoms with E-state index >= 15 is 0 Å².